The van der Waals surface area contributed by atoms with E-state index in [2.05, 4.69) is 16.0 Å². The molecule has 1 aliphatic heterocycles. The van der Waals surface area contributed by atoms with Crippen molar-refractivity contribution in [3.8, 4) is 0 Å². The lowest BCUT2D eigenvalue weighted by Gasteiger charge is -2.20. The van der Waals surface area contributed by atoms with E-state index in [1.165, 1.54) is 11.3 Å². The van der Waals surface area contributed by atoms with Crippen LogP contribution in [-0.4, -0.2) is 41.4 Å². The van der Waals surface area contributed by atoms with Crippen LogP contribution < -0.4 is 16.0 Å². The molecule has 0 radical (unpaired) electrons. The van der Waals surface area contributed by atoms with Crippen LogP contribution in [0.2, 0.25) is 0 Å². The monoisotopic (exact) mass is 364 g/mol. The second kappa shape index (κ2) is 6.83. The first-order valence-corrected chi connectivity index (χ1v) is 9.06. The molecular weight excluding hydrogens is 344 g/mol. The number of urea groups is 2. The van der Waals surface area contributed by atoms with Crippen molar-refractivity contribution in [1.82, 2.24) is 20.9 Å². The summed E-state index contributed by atoms with van der Waals surface area (Å²) in [7, 11) is 0. The highest BCUT2D eigenvalue weighted by atomic mass is 32.1. The van der Waals surface area contributed by atoms with Crippen molar-refractivity contribution in [2.45, 2.75) is 44.2 Å². The number of imide groups is 2. The van der Waals surface area contributed by atoms with Crippen LogP contribution in [-0.2, 0) is 15.1 Å². The zero-order valence-corrected chi connectivity index (χ0v) is 14.6. The molecule has 1 aromatic heterocycles. The molecule has 3 N–H and O–H groups in total. The summed E-state index contributed by atoms with van der Waals surface area (Å²) in [5, 5.41) is 9.32. The highest BCUT2D eigenvalue weighted by molar-refractivity contribution is 7.10. The lowest BCUT2D eigenvalue weighted by Crippen LogP contribution is -2.48. The molecule has 1 saturated heterocycles. The van der Waals surface area contributed by atoms with Gasteiger partial charge in [-0.1, -0.05) is 18.9 Å². The molecule has 0 unspecified atom stereocenters. The smallest absolute Gasteiger partial charge is 0.325 e. The molecule has 1 aromatic rings. The molecule has 25 heavy (non-hydrogen) atoms. The van der Waals surface area contributed by atoms with E-state index in [-0.39, 0.29) is 6.04 Å². The maximum atomic E-state index is 12.6. The van der Waals surface area contributed by atoms with E-state index in [1.807, 2.05) is 5.38 Å². The summed E-state index contributed by atoms with van der Waals surface area (Å²) in [4.78, 5) is 50.1. The van der Waals surface area contributed by atoms with Crippen molar-refractivity contribution in [3.63, 3.8) is 0 Å². The van der Waals surface area contributed by atoms with Gasteiger partial charge >= 0.3 is 12.1 Å². The molecule has 1 atom stereocenters. The third-order valence-corrected chi connectivity index (χ3v) is 5.63. The molecule has 9 heteroatoms. The second-order valence-corrected chi connectivity index (χ2v) is 7.37. The van der Waals surface area contributed by atoms with E-state index < -0.39 is 36.0 Å². The largest absolute Gasteiger partial charge is 0.335 e. The fraction of sp³-hybridized carbons (Fsp3) is 0.500. The topological polar surface area (TPSA) is 108 Å². The standard InChI is InChI=1S/C16H20N4O4S/c1-16(11-7-4-8-25-11)13(22)20(15(24)19-16)9-12(21)18-14(23)17-10-5-2-3-6-10/h4,7-8,10H,2-3,5-6,9H2,1H3,(H,19,24)(H2,17,18,21,23)/t16-/m0/s1. The minimum atomic E-state index is -1.18. The Morgan fingerprint density at radius 1 is 1.36 bits per heavy atom. The summed E-state index contributed by atoms with van der Waals surface area (Å²) in [6, 6.07) is 2.37. The van der Waals surface area contributed by atoms with Crippen LogP contribution in [0.1, 0.15) is 37.5 Å². The van der Waals surface area contributed by atoms with Crippen LogP contribution >= 0.6 is 11.3 Å². The molecule has 3 rings (SSSR count). The number of nitrogens with zero attached hydrogens (tertiary/aromatic N) is 1. The Balaban J connectivity index is 1.58. The van der Waals surface area contributed by atoms with Crippen molar-refractivity contribution < 1.29 is 19.2 Å². The van der Waals surface area contributed by atoms with Gasteiger partial charge in [-0.25, -0.2) is 9.59 Å². The van der Waals surface area contributed by atoms with Crippen LogP contribution in [0.4, 0.5) is 9.59 Å². The zero-order valence-electron chi connectivity index (χ0n) is 13.8. The van der Waals surface area contributed by atoms with E-state index in [4.69, 9.17) is 0 Å². The van der Waals surface area contributed by atoms with Crippen molar-refractivity contribution >= 4 is 35.2 Å². The van der Waals surface area contributed by atoms with Gasteiger partial charge in [0.25, 0.3) is 5.91 Å². The molecule has 2 heterocycles. The Labute approximate surface area is 148 Å². The van der Waals surface area contributed by atoms with Gasteiger partial charge in [-0.2, -0.15) is 0 Å². The Morgan fingerprint density at radius 2 is 2.08 bits per heavy atom. The lowest BCUT2D eigenvalue weighted by atomic mass is 10.0. The molecule has 2 fully saturated rings. The highest BCUT2D eigenvalue weighted by Gasteiger charge is 2.50. The van der Waals surface area contributed by atoms with Gasteiger partial charge in [-0.3, -0.25) is 19.8 Å². The van der Waals surface area contributed by atoms with E-state index in [1.54, 1.807) is 19.1 Å². The number of hydrogen-bond donors (Lipinski definition) is 3. The molecule has 0 bridgehead atoms. The van der Waals surface area contributed by atoms with Gasteiger partial charge in [0, 0.05) is 10.9 Å². The predicted molar refractivity (Wildman–Crippen MR) is 90.8 cm³/mol. The SMILES string of the molecule is C[C@@]1(c2cccs2)NC(=O)N(CC(=O)NC(=O)NC2CCCC2)C1=O. The van der Waals surface area contributed by atoms with Gasteiger partial charge in [0.2, 0.25) is 5.91 Å². The van der Waals surface area contributed by atoms with Gasteiger partial charge in [0.15, 0.2) is 5.54 Å². The van der Waals surface area contributed by atoms with Gasteiger partial charge in [0.1, 0.15) is 6.54 Å². The summed E-state index contributed by atoms with van der Waals surface area (Å²) in [5.74, 6) is -1.21. The minimum Gasteiger partial charge on any atom is -0.335 e. The third-order valence-electron chi connectivity index (χ3n) is 4.53. The Morgan fingerprint density at radius 3 is 2.72 bits per heavy atom. The van der Waals surface area contributed by atoms with E-state index >= 15 is 0 Å². The minimum absolute atomic E-state index is 0.0756. The number of hydrogen-bond acceptors (Lipinski definition) is 5. The van der Waals surface area contributed by atoms with Crippen molar-refractivity contribution in [2.24, 2.45) is 0 Å². The first kappa shape index (κ1) is 17.4. The fourth-order valence-electron chi connectivity index (χ4n) is 3.17. The normalized spacial score (nSPS) is 23.6. The molecule has 1 saturated carbocycles. The van der Waals surface area contributed by atoms with Gasteiger partial charge in [0.05, 0.1) is 0 Å². The second-order valence-electron chi connectivity index (χ2n) is 6.43. The molecular formula is C16H20N4O4S. The maximum absolute atomic E-state index is 12.6. The number of thiophene rings is 1. The molecule has 1 aliphatic carbocycles. The summed E-state index contributed by atoms with van der Waals surface area (Å²) in [6.45, 7) is 1.10. The molecule has 0 spiro atoms. The molecule has 134 valence electrons. The van der Waals surface area contributed by atoms with E-state index in [0.717, 1.165) is 30.6 Å². The van der Waals surface area contributed by atoms with Crippen LogP contribution in [0.3, 0.4) is 0 Å². The van der Waals surface area contributed by atoms with Gasteiger partial charge in [-0.15, -0.1) is 11.3 Å². The molecule has 0 aromatic carbocycles. The summed E-state index contributed by atoms with van der Waals surface area (Å²) < 4.78 is 0. The first-order valence-electron chi connectivity index (χ1n) is 8.18. The molecule has 2 aliphatic rings. The van der Waals surface area contributed by atoms with E-state index in [0.29, 0.717) is 4.88 Å². The predicted octanol–water partition coefficient (Wildman–Crippen LogP) is 1.28. The van der Waals surface area contributed by atoms with E-state index in [9.17, 15) is 19.2 Å². The summed E-state index contributed by atoms with van der Waals surface area (Å²) in [5.41, 5.74) is -1.18. The maximum Gasteiger partial charge on any atom is 0.325 e. The third kappa shape index (κ3) is 3.51. The number of rotatable bonds is 4. The van der Waals surface area contributed by atoms with Crippen molar-refractivity contribution in [3.05, 3.63) is 22.4 Å². The van der Waals surface area contributed by atoms with Crippen molar-refractivity contribution in [2.75, 3.05) is 6.54 Å². The van der Waals surface area contributed by atoms with Crippen LogP contribution in [0, 0.1) is 0 Å². The fourth-order valence-corrected chi connectivity index (χ4v) is 4.01. The van der Waals surface area contributed by atoms with Gasteiger partial charge < -0.3 is 10.6 Å². The Hall–Kier alpha value is -2.42. The average molecular weight is 364 g/mol. The average Bonchev–Trinajstić information content (AvgIpc) is 3.27. The quantitative estimate of drug-likeness (QED) is 0.700. The number of amides is 6. The number of carbonyl (C=O) groups excluding carboxylic acids is 4. The Bertz CT molecular complexity index is 699. The molecule has 6 amide bonds. The first-order chi connectivity index (χ1) is 11.9. The van der Waals surface area contributed by atoms with Gasteiger partial charge in [-0.05, 0) is 31.2 Å². The summed E-state index contributed by atoms with van der Waals surface area (Å²) >= 11 is 1.35. The van der Waals surface area contributed by atoms with Crippen LogP contribution in [0.5, 0.6) is 0 Å². The Kier molecular flexibility index (Phi) is 4.76. The number of nitrogens with one attached hydrogen (secondary N) is 3. The van der Waals surface area contributed by atoms with Crippen molar-refractivity contribution in [1.29, 1.82) is 0 Å². The lowest BCUT2D eigenvalue weighted by molar-refractivity contribution is -0.134. The molecule has 8 nitrogen and oxygen atoms in total. The van der Waals surface area contributed by atoms with Crippen LogP contribution in [0.25, 0.3) is 0 Å². The van der Waals surface area contributed by atoms with Crippen LogP contribution in [0.15, 0.2) is 17.5 Å². The zero-order chi connectivity index (χ0) is 18.0. The summed E-state index contributed by atoms with van der Waals surface area (Å²) in [6.07, 6.45) is 3.91. The highest BCUT2D eigenvalue weighted by Crippen LogP contribution is 2.31. The number of carbonyl (C=O) groups is 4.